The molecule has 6 nitrogen and oxygen atoms in total. The van der Waals surface area contributed by atoms with Crippen molar-refractivity contribution >= 4 is 11.8 Å². The van der Waals surface area contributed by atoms with Crippen molar-refractivity contribution in [3.8, 4) is 11.3 Å². The van der Waals surface area contributed by atoms with Crippen molar-refractivity contribution in [2.24, 2.45) is 0 Å². The van der Waals surface area contributed by atoms with Gasteiger partial charge < -0.3 is 19.1 Å². The highest BCUT2D eigenvalue weighted by molar-refractivity contribution is 5.94. The summed E-state index contributed by atoms with van der Waals surface area (Å²) >= 11 is 0. The first-order valence-corrected chi connectivity index (χ1v) is 11.1. The predicted octanol–water partition coefficient (Wildman–Crippen LogP) is 4.90. The first-order valence-electron chi connectivity index (χ1n) is 11.1. The van der Waals surface area contributed by atoms with E-state index in [1.54, 1.807) is 29.2 Å². The minimum Gasteiger partial charge on any atom is -0.378 e. The van der Waals surface area contributed by atoms with Crippen molar-refractivity contribution < 1.29 is 22.8 Å². The number of aromatic nitrogens is 1. The Morgan fingerprint density at radius 2 is 1.82 bits per heavy atom. The van der Waals surface area contributed by atoms with Gasteiger partial charge in [0.25, 0.3) is 5.91 Å². The lowest BCUT2D eigenvalue weighted by Crippen LogP contribution is -2.40. The van der Waals surface area contributed by atoms with Crippen LogP contribution < -0.4 is 4.90 Å². The van der Waals surface area contributed by atoms with Crippen LogP contribution in [-0.2, 0) is 11.3 Å². The molecule has 2 heterocycles. The molecule has 0 saturated carbocycles. The average Bonchev–Trinajstić information content (AvgIpc) is 3.26. The minimum atomic E-state index is -0.562. The fourth-order valence-corrected chi connectivity index (χ4v) is 3.90. The lowest BCUT2D eigenvalue weighted by molar-refractivity contribution is 0.0666. The quantitative estimate of drug-likeness (QED) is 0.507. The van der Waals surface area contributed by atoms with Crippen LogP contribution in [-0.4, -0.2) is 48.3 Å². The number of halogens is 2. The zero-order valence-corrected chi connectivity index (χ0v) is 18.8. The van der Waals surface area contributed by atoms with E-state index >= 15 is 0 Å². The molecule has 2 aromatic carbocycles. The highest BCUT2D eigenvalue weighted by atomic mass is 19.1. The smallest absolute Gasteiger partial charge is 0.257 e. The van der Waals surface area contributed by atoms with Gasteiger partial charge in [0.2, 0.25) is 5.88 Å². The van der Waals surface area contributed by atoms with Gasteiger partial charge in [0.1, 0.15) is 17.3 Å². The van der Waals surface area contributed by atoms with Crippen LogP contribution in [0.1, 0.15) is 36.2 Å². The third kappa shape index (κ3) is 4.90. The van der Waals surface area contributed by atoms with Crippen molar-refractivity contribution in [3.05, 3.63) is 71.3 Å². The predicted molar refractivity (Wildman–Crippen MR) is 121 cm³/mol. The third-order valence-electron chi connectivity index (χ3n) is 6.00. The van der Waals surface area contributed by atoms with Gasteiger partial charge in [0, 0.05) is 24.7 Å². The molecular weight excluding hydrogens is 428 g/mol. The van der Waals surface area contributed by atoms with Gasteiger partial charge in [0.15, 0.2) is 0 Å². The molecule has 0 N–H and O–H groups in total. The summed E-state index contributed by atoms with van der Waals surface area (Å²) in [5, 5.41) is 4.29. The molecule has 1 saturated heterocycles. The van der Waals surface area contributed by atoms with E-state index in [0.29, 0.717) is 55.4 Å². The molecule has 0 bridgehead atoms. The van der Waals surface area contributed by atoms with Gasteiger partial charge in [-0.2, -0.15) is 0 Å². The zero-order valence-electron chi connectivity index (χ0n) is 18.8. The molecule has 0 spiro atoms. The second kappa shape index (κ2) is 10.1. The van der Waals surface area contributed by atoms with Crippen LogP contribution in [0.3, 0.4) is 0 Å². The van der Waals surface area contributed by atoms with Crippen LogP contribution in [0.15, 0.2) is 53.1 Å². The van der Waals surface area contributed by atoms with Gasteiger partial charge in [-0.1, -0.05) is 24.2 Å². The molecule has 1 amide bonds. The van der Waals surface area contributed by atoms with Crippen LogP contribution in [0.2, 0.25) is 0 Å². The Bertz CT molecular complexity index is 1090. The van der Waals surface area contributed by atoms with Crippen molar-refractivity contribution in [2.75, 3.05) is 31.2 Å². The highest BCUT2D eigenvalue weighted by Crippen LogP contribution is 2.34. The number of ether oxygens (including phenoxy) is 1. The molecular formula is C25H27F2N3O3. The Balaban J connectivity index is 1.76. The molecule has 1 atom stereocenters. The topological polar surface area (TPSA) is 58.8 Å². The number of rotatable bonds is 7. The number of hydrogen-bond acceptors (Lipinski definition) is 5. The van der Waals surface area contributed by atoms with Gasteiger partial charge in [-0.05, 0) is 49.7 Å². The van der Waals surface area contributed by atoms with E-state index in [4.69, 9.17) is 9.26 Å². The Morgan fingerprint density at radius 3 is 2.48 bits per heavy atom. The molecule has 1 unspecified atom stereocenters. The number of carbonyl (C=O) groups is 1. The molecule has 1 aliphatic rings. The maximum absolute atomic E-state index is 14.5. The maximum Gasteiger partial charge on any atom is 0.257 e. The van der Waals surface area contributed by atoms with E-state index in [1.165, 1.54) is 24.3 Å². The highest BCUT2D eigenvalue weighted by Gasteiger charge is 2.30. The Labute approximate surface area is 191 Å². The van der Waals surface area contributed by atoms with E-state index < -0.39 is 11.7 Å². The summed E-state index contributed by atoms with van der Waals surface area (Å²) in [4.78, 5) is 17.1. The molecule has 0 radical (unpaired) electrons. The van der Waals surface area contributed by atoms with Crippen molar-refractivity contribution in [2.45, 2.75) is 32.9 Å². The van der Waals surface area contributed by atoms with Crippen LogP contribution in [0.5, 0.6) is 0 Å². The fraction of sp³-hybridized carbons (Fsp3) is 0.360. The Hall–Kier alpha value is -3.26. The van der Waals surface area contributed by atoms with Crippen LogP contribution in [0.4, 0.5) is 14.7 Å². The van der Waals surface area contributed by atoms with Crippen LogP contribution >= 0.6 is 0 Å². The number of anilines is 1. The van der Waals surface area contributed by atoms with Gasteiger partial charge in [-0.25, -0.2) is 8.78 Å². The average molecular weight is 456 g/mol. The first kappa shape index (κ1) is 22.9. The molecule has 174 valence electrons. The van der Waals surface area contributed by atoms with Crippen molar-refractivity contribution in [3.63, 3.8) is 0 Å². The van der Waals surface area contributed by atoms with E-state index in [2.05, 4.69) is 5.16 Å². The molecule has 1 aromatic heterocycles. The van der Waals surface area contributed by atoms with Gasteiger partial charge in [0.05, 0.1) is 30.9 Å². The summed E-state index contributed by atoms with van der Waals surface area (Å²) in [6.07, 6.45) is 0.685. The molecule has 1 fully saturated rings. The summed E-state index contributed by atoms with van der Waals surface area (Å²) in [5.41, 5.74) is 1.93. The van der Waals surface area contributed by atoms with E-state index in [-0.39, 0.29) is 24.0 Å². The monoisotopic (exact) mass is 455 g/mol. The number of benzene rings is 2. The lowest BCUT2D eigenvalue weighted by Gasteiger charge is -2.31. The van der Waals surface area contributed by atoms with Crippen molar-refractivity contribution in [1.82, 2.24) is 10.1 Å². The standard InChI is InChI=1S/C25H27F2N3O3/c1-3-17(2)30(24(31)20-6-4-5-7-22(20)27)16-21-23(18-8-10-19(26)11-9-18)28-33-25(21)29-12-14-32-15-13-29/h4-11,17H,3,12-16H2,1-2H3. The number of morpholine rings is 1. The lowest BCUT2D eigenvalue weighted by atomic mass is 10.0. The number of hydrogen-bond donors (Lipinski definition) is 0. The Kier molecular flexibility index (Phi) is 7.03. The molecule has 33 heavy (non-hydrogen) atoms. The third-order valence-corrected chi connectivity index (χ3v) is 6.00. The summed E-state index contributed by atoms with van der Waals surface area (Å²) in [6, 6.07) is 11.8. The van der Waals surface area contributed by atoms with Crippen LogP contribution in [0.25, 0.3) is 11.3 Å². The van der Waals surface area contributed by atoms with E-state index in [1.807, 2.05) is 18.7 Å². The van der Waals surface area contributed by atoms with Crippen molar-refractivity contribution in [1.29, 1.82) is 0 Å². The van der Waals surface area contributed by atoms with Gasteiger partial charge in [-0.3, -0.25) is 4.79 Å². The second-order valence-electron chi connectivity index (χ2n) is 8.09. The van der Waals surface area contributed by atoms with Gasteiger partial charge >= 0.3 is 0 Å². The largest absolute Gasteiger partial charge is 0.378 e. The molecule has 4 rings (SSSR count). The summed E-state index contributed by atoms with van der Waals surface area (Å²) in [6.45, 7) is 6.42. The maximum atomic E-state index is 14.5. The van der Waals surface area contributed by atoms with Crippen LogP contribution in [0, 0.1) is 11.6 Å². The molecule has 0 aliphatic carbocycles. The normalized spacial score (nSPS) is 14.8. The van der Waals surface area contributed by atoms with Gasteiger partial charge in [-0.15, -0.1) is 0 Å². The number of amides is 1. The number of nitrogens with zero attached hydrogens (tertiary/aromatic N) is 3. The summed E-state index contributed by atoms with van der Waals surface area (Å²) in [7, 11) is 0. The Morgan fingerprint density at radius 1 is 1.12 bits per heavy atom. The van der Waals surface area contributed by atoms with E-state index in [0.717, 1.165) is 0 Å². The second-order valence-corrected chi connectivity index (χ2v) is 8.09. The molecule has 8 heteroatoms. The SMILES string of the molecule is CCC(C)N(Cc1c(-c2ccc(F)cc2)noc1N1CCOCC1)C(=O)c1ccccc1F. The molecule has 1 aliphatic heterocycles. The minimum absolute atomic E-state index is 0.0190. The number of carbonyl (C=O) groups excluding carboxylic acids is 1. The molecule has 3 aromatic rings. The first-order chi connectivity index (χ1) is 16.0. The summed E-state index contributed by atoms with van der Waals surface area (Å²) < 4.78 is 39.2. The fourth-order valence-electron chi connectivity index (χ4n) is 3.90. The van der Waals surface area contributed by atoms with E-state index in [9.17, 15) is 13.6 Å². The summed E-state index contributed by atoms with van der Waals surface area (Å²) in [5.74, 6) is -0.768. The zero-order chi connectivity index (χ0) is 23.4.